The Morgan fingerprint density at radius 1 is 1.12 bits per heavy atom. The van der Waals surface area contributed by atoms with Crippen molar-refractivity contribution in [3.05, 3.63) is 52.8 Å². The molecule has 0 aliphatic heterocycles. The van der Waals surface area contributed by atoms with Gasteiger partial charge in [-0.15, -0.1) is 0 Å². The summed E-state index contributed by atoms with van der Waals surface area (Å²) in [6, 6.07) is 9.99. The number of rotatable bonds is 10. The van der Waals surface area contributed by atoms with Gasteiger partial charge in [-0.2, -0.15) is 0 Å². The van der Waals surface area contributed by atoms with Crippen molar-refractivity contribution in [2.75, 3.05) is 25.0 Å². The molecule has 0 saturated carbocycles. The van der Waals surface area contributed by atoms with Crippen LogP contribution in [-0.2, 0) is 0 Å². The Morgan fingerprint density at radius 3 is 2.54 bits per heavy atom. The number of aromatic nitrogens is 2. The summed E-state index contributed by atoms with van der Waals surface area (Å²) in [6.45, 7) is 9.97. The molecular weight excluding hydrogens is 344 g/mol. The first-order valence-corrected chi connectivity index (χ1v) is 9.74. The van der Waals surface area contributed by atoms with E-state index in [2.05, 4.69) is 41.0 Å². The van der Waals surface area contributed by atoms with E-state index in [-0.39, 0.29) is 0 Å². The van der Waals surface area contributed by atoms with Crippen LogP contribution in [0.4, 0.5) is 5.95 Å². The second-order valence-corrected chi connectivity index (χ2v) is 6.84. The van der Waals surface area contributed by atoms with Crippen LogP contribution in [0.25, 0.3) is 12.2 Å². The second-order valence-electron chi connectivity index (χ2n) is 6.40. The van der Waals surface area contributed by atoms with Crippen molar-refractivity contribution in [2.24, 2.45) is 0 Å². The van der Waals surface area contributed by atoms with Gasteiger partial charge in [0.1, 0.15) is 0 Å². The average molecular weight is 373 g/mol. The van der Waals surface area contributed by atoms with Crippen LogP contribution in [0.3, 0.4) is 0 Å². The lowest BCUT2D eigenvalue weighted by Gasteiger charge is -2.19. The molecule has 1 aromatic heterocycles. The van der Waals surface area contributed by atoms with Crippen molar-refractivity contribution in [1.29, 1.82) is 0 Å². The fourth-order valence-electron chi connectivity index (χ4n) is 2.74. The molecule has 0 fully saturated rings. The Labute approximate surface area is 162 Å². The lowest BCUT2D eigenvalue weighted by Crippen LogP contribution is -2.26. The molecule has 26 heavy (non-hydrogen) atoms. The fourth-order valence-corrected chi connectivity index (χ4v) is 2.87. The molecule has 2 aromatic rings. The van der Waals surface area contributed by atoms with Crippen molar-refractivity contribution in [1.82, 2.24) is 14.9 Å². The second kappa shape index (κ2) is 10.9. The van der Waals surface area contributed by atoms with Gasteiger partial charge in [0, 0.05) is 17.3 Å². The predicted molar refractivity (Wildman–Crippen MR) is 113 cm³/mol. The molecule has 1 N–H and O–H groups in total. The van der Waals surface area contributed by atoms with E-state index in [1.54, 1.807) is 6.20 Å². The van der Waals surface area contributed by atoms with Gasteiger partial charge in [0.15, 0.2) is 0 Å². The van der Waals surface area contributed by atoms with Crippen LogP contribution in [0.1, 0.15) is 44.9 Å². The molecule has 4 nitrogen and oxygen atoms in total. The SMILES string of the molecule is CCN(CC)CCCC(C)Nc1nccc(/C=C/c2ccc(Cl)cc2)n1. The summed E-state index contributed by atoms with van der Waals surface area (Å²) < 4.78 is 0. The van der Waals surface area contributed by atoms with Crippen LogP contribution in [0, 0.1) is 0 Å². The summed E-state index contributed by atoms with van der Waals surface area (Å²) in [5, 5.41) is 4.15. The Balaban J connectivity index is 1.86. The first-order valence-electron chi connectivity index (χ1n) is 9.36. The number of benzene rings is 1. The van der Waals surface area contributed by atoms with Crippen molar-refractivity contribution < 1.29 is 0 Å². The molecule has 1 aromatic carbocycles. The lowest BCUT2D eigenvalue weighted by molar-refractivity contribution is 0.295. The molecule has 0 radical (unpaired) electrons. The van der Waals surface area contributed by atoms with Crippen molar-refractivity contribution in [2.45, 2.75) is 39.7 Å². The number of halogens is 1. The molecule has 1 atom stereocenters. The number of hydrogen-bond acceptors (Lipinski definition) is 4. The van der Waals surface area contributed by atoms with E-state index in [0.29, 0.717) is 12.0 Å². The van der Waals surface area contributed by atoms with E-state index >= 15 is 0 Å². The molecule has 2 rings (SSSR count). The first kappa shape index (κ1) is 20.4. The van der Waals surface area contributed by atoms with Crippen molar-refractivity contribution in [3.63, 3.8) is 0 Å². The van der Waals surface area contributed by atoms with Crippen LogP contribution in [-0.4, -0.2) is 40.5 Å². The zero-order valence-electron chi connectivity index (χ0n) is 16.0. The third-order valence-electron chi connectivity index (χ3n) is 4.38. The zero-order chi connectivity index (χ0) is 18.8. The maximum absolute atomic E-state index is 5.91. The molecule has 1 unspecified atom stereocenters. The molecular formula is C21H29ClN4. The van der Waals surface area contributed by atoms with Gasteiger partial charge in [-0.25, -0.2) is 9.97 Å². The molecule has 140 valence electrons. The topological polar surface area (TPSA) is 41.0 Å². The van der Waals surface area contributed by atoms with Gasteiger partial charge in [0.25, 0.3) is 0 Å². The Kier molecular flexibility index (Phi) is 8.59. The van der Waals surface area contributed by atoms with Crippen molar-refractivity contribution in [3.8, 4) is 0 Å². The highest BCUT2D eigenvalue weighted by Crippen LogP contribution is 2.13. The third kappa shape index (κ3) is 7.14. The van der Waals surface area contributed by atoms with Gasteiger partial charge < -0.3 is 10.2 Å². The van der Waals surface area contributed by atoms with E-state index < -0.39 is 0 Å². The number of anilines is 1. The van der Waals surface area contributed by atoms with Gasteiger partial charge in [0.05, 0.1) is 5.69 Å². The first-order chi connectivity index (χ1) is 12.6. The minimum Gasteiger partial charge on any atom is -0.352 e. The number of hydrogen-bond donors (Lipinski definition) is 1. The minimum atomic E-state index is 0.348. The smallest absolute Gasteiger partial charge is 0.223 e. The largest absolute Gasteiger partial charge is 0.352 e. The molecule has 1 heterocycles. The minimum absolute atomic E-state index is 0.348. The van der Waals surface area contributed by atoms with Crippen LogP contribution in [0.5, 0.6) is 0 Å². The molecule has 0 saturated heterocycles. The summed E-state index contributed by atoms with van der Waals surface area (Å²) in [5.41, 5.74) is 1.97. The summed E-state index contributed by atoms with van der Waals surface area (Å²) in [7, 11) is 0. The third-order valence-corrected chi connectivity index (χ3v) is 4.63. The summed E-state index contributed by atoms with van der Waals surface area (Å²) >= 11 is 5.91. The summed E-state index contributed by atoms with van der Waals surface area (Å²) in [4.78, 5) is 11.4. The van der Waals surface area contributed by atoms with Crippen LogP contribution in [0.2, 0.25) is 5.02 Å². The normalized spacial score (nSPS) is 12.7. The Hall–Kier alpha value is -1.91. The maximum atomic E-state index is 5.91. The fraction of sp³-hybridized carbons (Fsp3) is 0.429. The highest BCUT2D eigenvalue weighted by atomic mass is 35.5. The predicted octanol–water partition coefficient (Wildman–Crippen LogP) is 5.22. The molecule has 0 amide bonds. The van der Waals surface area contributed by atoms with Gasteiger partial charge in [-0.05, 0) is 69.2 Å². The molecule has 0 aliphatic rings. The standard InChI is InChI=1S/C21H29ClN4/c1-4-26(5-2)16-6-7-17(3)24-21-23-15-14-20(25-21)13-10-18-8-11-19(22)12-9-18/h8-15,17H,4-7,16H2,1-3H3,(H,23,24,25)/b13-10+. The summed E-state index contributed by atoms with van der Waals surface area (Å²) in [6.07, 6.45) is 8.08. The van der Waals surface area contributed by atoms with Gasteiger partial charge in [-0.3, -0.25) is 0 Å². The molecule has 0 bridgehead atoms. The summed E-state index contributed by atoms with van der Waals surface area (Å²) in [5.74, 6) is 0.679. The van der Waals surface area contributed by atoms with E-state index in [4.69, 9.17) is 11.6 Å². The maximum Gasteiger partial charge on any atom is 0.223 e. The highest BCUT2D eigenvalue weighted by Gasteiger charge is 2.06. The van der Waals surface area contributed by atoms with E-state index in [1.165, 1.54) is 6.42 Å². The van der Waals surface area contributed by atoms with E-state index in [1.807, 2.05) is 42.5 Å². The van der Waals surface area contributed by atoms with Crippen molar-refractivity contribution >= 4 is 29.7 Å². The van der Waals surface area contributed by atoms with Crippen LogP contribution >= 0.6 is 11.6 Å². The quantitative estimate of drug-likeness (QED) is 0.620. The molecule has 0 aliphatic carbocycles. The zero-order valence-corrected chi connectivity index (χ0v) is 16.7. The number of nitrogens with zero attached hydrogens (tertiary/aromatic N) is 3. The van der Waals surface area contributed by atoms with Crippen LogP contribution in [0.15, 0.2) is 36.5 Å². The van der Waals surface area contributed by atoms with Crippen LogP contribution < -0.4 is 5.32 Å². The van der Waals surface area contributed by atoms with Gasteiger partial charge >= 0.3 is 0 Å². The van der Waals surface area contributed by atoms with E-state index in [9.17, 15) is 0 Å². The Bertz CT molecular complexity index is 681. The monoisotopic (exact) mass is 372 g/mol. The van der Waals surface area contributed by atoms with E-state index in [0.717, 1.165) is 42.3 Å². The Morgan fingerprint density at radius 2 is 1.85 bits per heavy atom. The average Bonchev–Trinajstić information content (AvgIpc) is 2.65. The lowest BCUT2D eigenvalue weighted by atomic mass is 10.2. The van der Waals surface area contributed by atoms with Gasteiger partial charge in [-0.1, -0.05) is 43.7 Å². The molecule has 0 spiro atoms. The highest BCUT2D eigenvalue weighted by molar-refractivity contribution is 6.30. The molecule has 5 heteroatoms. The number of nitrogens with one attached hydrogen (secondary N) is 1. The van der Waals surface area contributed by atoms with Gasteiger partial charge in [0.2, 0.25) is 5.95 Å².